The first-order valence-electron chi connectivity index (χ1n) is 4.56. The van der Waals surface area contributed by atoms with E-state index in [9.17, 15) is 9.59 Å². The van der Waals surface area contributed by atoms with Gasteiger partial charge in [-0.25, -0.2) is 4.79 Å². The van der Waals surface area contributed by atoms with E-state index in [2.05, 4.69) is 5.32 Å². The molecule has 1 saturated heterocycles. The zero-order valence-electron chi connectivity index (χ0n) is 8.55. The normalized spacial score (nSPS) is 28.5. The highest BCUT2D eigenvalue weighted by Crippen LogP contribution is 2.27. The molecule has 4 nitrogen and oxygen atoms in total. The number of imide groups is 1. The first-order chi connectivity index (χ1) is 5.95. The molecule has 0 bridgehead atoms. The highest BCUT2D eigenvalue weighted by molar-refractivity contribution is 6.06. The number of nitrogens with one attached hydrogen (secondary N) is 1. The van der Waals surface area contributed by atoms with Crippen LogP contribution < -0.4 is 5.32 Å². The Labute approximate surface area is 78.3 Å². The standard InChI is InChI=1S/C9H16N2O2/c1-5-9(6(2)3)7(12)11(4)8(13)10-9/h6H,5H2,1-4H3,(H,10,13). The van der Waals surface area contributed by atoms with Crippen LogP contribution in [0.25, 0.3) is 0 Å². The number of carbonyl (C=O) groups is 2. The molecule has 3 amide bonds. The van der Waals surface area contributed by atoms with Crippen molar-refractivity contribution in [2.24, 2.45) is 5.92 Å². The van der Waals surface area contributed by atoms with Crippen molar-refractivity contribution in [2.75, 3.05) is 7.05 Å². The van der Waals surface area contributed by atoms with Crippen LogP contribution in [0.5, 0.6) is 0 Å². The molecular formula is C9H16N2O2. The van der Waals surface area contributed by atoms with Crippen molar-refractivity contribution in [2.45, 2.75) is 32.7 Å². The van der Waals surface area contributed by atoms with Crippen LogP contribution in [-0.2, 0) is 4.79 Å². The van der Waals surface area contributed by atoms with Crippen LogP contribution in [0.15, 0.2) is 0 Å². The first-order valence-corrected chi connectivity index (χ1v) is 4.56. The minimum atomic E-state index is -0.675. The zero-order valence-corrected chi connectivity index (χ0v) is 8.55. The molecule has 1 unspecified atom stereocenters. The van der Waals surface area contributed by atoms with Gasteiger partial charge in [0.15, 0.2) is 0 Å². The fourth-order valence-electron chi connectivity index (χ4n) is 1.76. The van der Waals surface area contributed by atoms with Gasteiger partial charge in [0.1, 0.15) is 5.54 Å². The van der Waals surface area contributed by atoms with E-state index in [-0.39, 0.29) is 17.9 Å². The molecule has 4 heteroatoms. The SMILES string of the molecule is CCC1(C(C)C)NC(=O)N(C)C1=O. The van der Waals surface area contributed by atoms with Crippen molar-refractivity contribution in [1.29, 1.82) is 0 Å². The van der Waals surface area contributed by atoms with E-state index in [0.29, 0.717) is 6.42 Å². The third kappa shape index (κ3) is 1.20. The Kier molecular flexibility index (Phi) is 2.32. The Hall–Kier alpha value is -1.06. The molecule has 1 fully saturated rings. The molecule has 0 aromatic heterocycles. The fourth-order valence-corrected chi connectivity index (χ4v) is 1.76. The second-order valence-electron chi connectivity index (χ2n) is 3.77. The van der Waals surface area contributed by atoms with Gasteiger partial charge < -0.3 is 5.32 Å². The topological polar surface area (TPSA) is 49.4 Å². The lowest BCUT2D eigenvalue weighted by molar-refractivity contribution is -0.132. The lowest BCUT2D eigenvalue weighted by Gasteiger charge is -2.28. The summed E-state index contributed by atoms with van der Waals surface area (Å²) in [6.45, 7) is 5.80. The summed E-state index contributed by atoms with van der Waals surface area (Å²) < 4.78 is 0. The smallest absolute Gasteiger partial charge is 0.323 e. The van der Waals surface area contributed by atoms with E-state index < -0.39 is 5.54 Å². The summed E-state index contributed by atoms with van der Waals surface area (Å²) in [6, 6.07) is -0.291. The monoisotopic (exact) mass is 184 g/mol. The van der Waals surface area contributed by atoms with Gasteiger partial charge in [0.25, 0.3) is 5.91 Å². The van der Waals surface area contributed by atoms with Crippen LogP contribution >= 0.6 is 0 Å². The summed E-state index contributed by atoms with van der Waals surface area (Å²) in [4.78, 5) is 24.2. The maximum absolute atomic E-state index is 11.8. The molecule has 74 valence electrons. The van der Waals surface area contributed by atoms with Gasteiger partial charge in [0.2, 0.25) is 0 Å². The highest BCUT2D eigenvalue weighted by Gasteiger charge is 2.50. The van der Waals surface area contributed by atoms with Crippen molar-refractivity contribution in [3.05, 3.63) is 0 Å². The molecule has 0 aromatic rings. The number of urea groups is 1. The van der Waals surface area contributed by atoms with Gasteiger partial charge in [-0.1, -0.05) is 20.8 Å². The molecule has 1 heterocycles. The molecule has 1 N–H and O–H groups in total. The maximum atomic E-state index is 11.8. The number of amides is 3. The third-order valence-electron chi connectivity index (χ3n) is 2.86. The van der Waals surface area contributed by atoms with E-state index in [4.69, 9.17) is 0 Å². The molecular weight excluding hydrogens is 168 g/mol. The van der Waals surface area contributed by atoms with Gasteiger partial charge in [-0.05, 0) is 12.3 Å². The quantitative estimate of drug-likeness (QED) is 0.650. The Bertz CT molecular complexity index is 250. The van der Waals surface area contributed by atoms with E-state index in [1.54, 1.807) is 0 Å². The Morgan fingerprint density at radius 2 is 2.00 bits per heavy atom. The van der Waals surface area contributed by atoms with E-state index >= 15 is 0 Å². The lowest BCUT2D eigenvalue weighted by Crippen LogP contribution is -2.50. The largest absolute Gasteiger partial charge is 0.324 e. The van der Waals surface area contributed by atoms with Crippen LogP contribution in [-0.4, -0.2) is 29.4 Å². The average molecular weight is 184 g/mol. The molecule has 0 aromatic carbocycles. The molecule has 0 radical (unpaired) electrons. The maximum Gasteiger partial charge on any atom is 0.324 e. The number of hydrogen-bond acceptors (Lipinski definition) is 2. The molecule has 13 heavy (non-hydrogen) atoms. The molecule has 0 spiro atoms. The summed E-state index contributed by atoms with van der Waals surface area (Å²) in [6.07, 6.45) is 0.638. The predicted octanol–water partition coefficient (Wildman–Crippen LogP) is 0.973. The van der Waals surface area contributed by atoms with Gasteiger partial charge in [0, 0.05) is 7.05 Å². The minimum Gasteiger partial charge on any atom is -0.323 e. The summed E-state index contributed by atoms with van der Waals surface area (Å²) >= 11 is 0. The van der Waals surface area contributed by atoms with Crippen LogP contribution in [0.1, 0.15) is 27.2 Å². The fraction of sp³-hybridized carbons (Fsp3) is 0.778. The third-order valence-corrected chi connectivity index (χ3v) is 2.86. The second-order valence-corrected chi connectivity index (χ2v) is 3.77. The first kappa shape index (κ1) is 10.0. The molecule has 1 atom stereocenters. The van der Waals surface area contributed by atoms with Crippen molar-refractivity contribution in [3.8, 4) is 0 Å². The Balaban J connectivity index is 3.04. The molecule has 0 saturated carbocycles. The van der Waals surface area contributed by atoms with E-state index in [1.165, 1.54) is 7.05 Å². The summed E-state index contributed by atoms with van der Waals surface area (Å²) in [5, 5.41) is 2.75. The minimum absolute atomic E-state index is 0.116. The van der Waals surface area contributed by atoms with Crippen LogP contribution in [0.4, 0.5) is 4.79 Å². The van der Waals surface area contributed by atoms with E-state index in [0.717, 1.165) is 4.90 Å². The van der Waals surface area contributed by atoms with Gasteiger partial charge in [-0.3, -0.25) is 9.69 Å². The van der Waals surface area contributed by atoms with Crippen molar-refractivity contribution in [3.63, 3.8) is 0 Å². The van der Waals surface area contributed by atoms with Crippen LogP contribution in [0.3, 0.4) is 0 Å². The lowest BCUT2D eigenvalue weighted by atomic mass is 9.84. The number of nitrogens with zero attached hydrogens (tertiary/aromatic N) is 1. The van der Waals surface area contributed by atoms with Gasteiger partial charge in [-0.2, -0.15) is 0 Å². The number of hydrogen-bond donors (Lipinski definition) is 1. The summed E-state index contributed by atoms with van der Waals surface area (Å²) in [5.74, 6) is 0.00824. The number of carbonyl (C=O) groups excluding carboxylic acids is 2. The summed E-state index contributed by atoms with van der Waals surface area (Å²) in [7, 11) is 1.51. The van der Waals surface area contributed by atoms with Crippen LogP contribution in [0.2, 0.25) is 0 Å². The Morgan fingerprint density at radius 1 is 1.46 bits per heavy atom. The van der Waals surface area contributed by atoms with Gasteiger partial charge in [-0.15, -0.1) is 0 Å². The number of rotatable bonds is 2. The average Bonchev–Trinajstić information content (AvgIpc) is 2.30. The van der Waals surface area contributed by atoms with E-state index in [1.807, 2.05) is 20.8 Å². The van der Waals surface area contributed by atoms with Gasteiger partial charge in [0.05, 0.1) is 0 Å². The Morgan fingerprint density at radius 3 is 2.15 bits per heavy atom. The van der Waals surface area contributed by atoms with Crippen LogP contribution in [0, 0.1) is 5.92 Å². The van der Waals surface area contributed by atoms with Crippen molar-refractivity contribution in [1.82, 2.24) is 10.2 Å². The summed E-state index contributed by atoms with van der Waals surface area (Å²) in [5.41, 5.74) is -0.675. The zero-order chi connectivity index (χ0) is 10.2. The molecule has 1 rings (SSSR count). The van der Waals surface area contributed by atoms with Crippen molar-refractivity contribution < 1.29 is 9.59 Å². The van der Waals surface area contributed by atoms with Gasteiger partial charge >= 0.3 is 6.03 Å². The number of likely N-dealkylation sites (N-methyl/N-ethyl adjacent to an activating group) is 1. The molecule has 1 aliphatic heterocycles. The highest BCUT2D eigenvalue weighted by atomic mass is 16.2. The molecule has 1 aliphatic rings. The predicted molar refractivity (Wildman–Crippen MR) is 49.2 cm³/mol. The molecule has 0 aliphatic carbocycles. The second kappa shape index (κ2) is 3.01. The van der Waals surface area contributed by atoms with Crippen molar-refractivity contribution >= 4 is 11.9 Å².